The fourth-order valence-electron chi connectivity index (χ4n) is 2.48. The molecular weight excluding hydrogens is 260 g/mol. The van der Waals surface area contributed by atoms with Gasteiger partial charge in [0.2, 0.25) is 0 Å². The van der Waals surface area contributed by atoms with E-state index in [1.54, 1.807) is 6.20 Å². The van der Waals surface area contributed by atoms with Crippen LogP contribution < -0.4 is 5.73 Å². The zero-order valence-corrected chi connectivity index (χ0v) is 11.9. The fraction of sp³-hybridized carbons (Fsp3) is 0.176. The highest BCUT2D eigenvalue weighted by molar-refractivity contribution is 5.27. The van der Waals surface area contributed by atoms with Gasteiger partial charge in [-0.15, -0.1) is 0 Å². The highest BCUT2D eigenvalue weighted by atomic mass is 15.1. The number of rotatable bonds is 4. The van der Waals surface area contributed by atoms with Crippen LogP contribution in [0, 0.1) is 0 Å². The Hall–Kier alpha value is -2.46. The summed E-state index contributed by atoms with van der Waals surface area (Å²) in [5.41, 5.74) is 9.46. The summed E-state index contributed by atoms with van der Waals surface area (Å²) in [7, 11) is 0. The van der Waals surface area contributed by atoms with E-state index >= 15 is 0 Å². The zero-order valence-electron chi connectivity index (χ0n) is 11.9. The topological polar surface area (TPSA) is 56.7 Å². The molecule has 0 amide bonds. The molecule has 2 aromatic heterocycles. The lowest BCUT2D eigenvalue weighted by Crippen LogP contribution is -2.19. The number of nitrogens with two attached hydrogens (primary N) is 1. The molecule has 0 spiro atoms. The Morgan fingerprint density at radius 3 is 2.52 bits per heavy atom. The number of aromatic nitrogens is 3. The van der Waals surface area contributed by atoms with Gasteiger partial charge in [0, 0.05) is 6.20 Å². The van der Waals surface area contributed by atoms with E-state index in [1.165, 1.54) is 0 Å². The molecule has 0 saturated carbocycles. The Morgan fingerprint density at radius 2 is 1.81 bits per heavy atom. The third-order valence-electron chi connectivity index (χ3n) is 3.71. The molecule has 106 valence electrons. The van der Waals surface area contributed by atoms with Crippen LogP contribution in [0.4, 0.5) is 0 Å². The first-order valence-corrected chi connectivity index (χ1v) is 7.00. The van der Waals surface area contributed by atoms with Crippen LogP contribution in [0.15, 0.2) is 67.3 Å². The van der Waals surface area contributed by atoms with Crippen molar-refractivity contribution in [1.29, 1.82) is 0 Å². The van der Waals surface area contributed by atoms with Crippen molar-refractivity contribution in [2.45, 2.75) is 19.0 Å². The fourth-order valence-corrected chi connectivity index (χ4v) is 2.48. The molecule has 4 heteroatoms. The monoisotopic (exact) mass is 278 g/mol. The van der Waals surface area contributed by atoms with Crippen LogP contribution in [-0.4, -0.2) is 14.5 Å². The molecule has 0 aliphatic carbocycles. The van der Waals surface area contributed by atoms with Crippen LogP contribution in [0.1, 0.15) is 36.0 Å². The van der Waals surface area contributed by atoms with Gasteiger partial charge in [-0.2, -0.15) is 0 Å². The maximum Gasteiger partial charge on any atom is 0.0955 e. The van der Waals surface area contributed by atoms with Crippen molar-refractivity contribution >= 4 is 0 Å². The van der Waals surface area contributed by atoms with Gasteiger partial charge in [0.25, 0.3) is 0 Å². The lowest BCUT2D eigenvalue weighted by molar-refractivity contribution is 0.578. The summed E-state index contributed by atoms with van der Waals surface area (Å²) in [6, 6.07) is 15.9. The van der Waals surface area contributed by atoms with E-state index < -0.39 is 0 Å². The second-order valence-corrected chi connectivity index (χ2v) is 5.04. The van der Waals surface area contributed by atoms with Crippen molar-refractivity contribution in [1.82, 2.24) is 14.5 Å². The van der Waals surface area contributed by atoms with Crippen LogP contribution in [0.5, 0.6) is 0 Å². The molecule has 3 aromatic rings. The van der Waals surface area contributed by atoms with Gasteiger partial charge in [-0.3, -0.25) is 4.98 Å². The highest BCUT2D eigenvalue weighted by Gasteiger charge is 2.18. The second kappa shape index (κ2) is 5.89. The SMILES string of the molecule is CC(c1ccccn1)n1cncc1C(N)c1ccccc1. The third-order valence-corrected chi connectivity index (χ3v) is 3.71. The maximum absolute atomic E-state index is 6.40. The zero-order chi connectivity index (χ0) is 14.7. The van der Waals surface area contributed by atoms with Gasteiger partial charge >= 0.3 is 0 Å². The molecule has 2 unspecified atom stereocenters. The molecule has 0 bridgehead atoms. The standard InChI is InChI=1S/C17H18N4/c1-13(15-9-5-6-10-20-15)21-12-19-11-16(21)17(18)14-7-3-2-4-8-14/h2-13,17H,18H2,1H3. The number of benzene rings is 1. The summed E-state index contributed by atoms with van der Waals surface area (Å²) in [5.74, 6) is 0. The Labute approximate surface area is 124 Å². The van der Waals surface area contributed by atoms with E-state index in [4.69, 9.17) is 5.73 Å². The number of hydrogen-bond acceptors (Lipinski definition) is 3. The van der Waals surface area contributed by atoms with Crippen molar-refractivity contribution in [3.8, 4) is 0 Å². The van der Waals surface area contributed by atoms with Crippen molar-refractivity contribution in [2.24, 2.45) is 5.73 Å². The normalized spacial score (nSPS) is 13.8. The number of pyridine rings is 1. The van der Waals surface area contributed by atoms with Crippen molar-refractivity contribution in [2.75, 3.05) is 0 Å². The van der Waals surface area contributed by atoms with E-state index in [0.717, 1.165) is 17.0 Å². The predicted octanol–water partition coefficient (Wildman–Crippen LogP) is 2.94. The smallest absolute Gasteiger partial charge is 0.0955 e. The van der Waals surface area contributed by atoms with E-state index in [0.29, 0.717) is 0 Å². The van der Waals surface area contributed by atoms with E-state index in [-0.39, 0.29) is 12.1 Å². The summed E-state index contributed by atoms with van der Waals surface area (Å²) in [6.45, 7) is 2.10. The molecule has 2 N–H and O–H groups in total. The predicted molar refractivity (Wildman–Crippen MR) is 82.7 cm³/mol. The first-order valence-electron chi connectivity index (χ1n) is 7.00. The van der Waals surface area contributed by atoms with Crippen molar-refractivity contribution in [3.63, 3.8) is 0 Å². The Bertz CT molecular complexity index is 631. The van der Waals surface area contributed by atoms with Gasteiger partial charge in [-0.05, 0) is 24.6 Å². The minimum atomic E-state index is -0.195. The van der Waals surface area contributed by atoms with Gasteiger partial charge in [0.1, 0.15) is 0 Å². The minimum absolute atomic E-state index is 0.0958. The van der Waals surface area contributed by atoms with Crippen LogP contribution >= 0.6 is 0 Å². The van der Waals surface area contributed by atoms with Crippen molar-refractivity contribution < 1.29 is 0 Å². The molecule has 4 nitrogen and oxygen atoms in total. The minimum Gasteiger partial charge on any atom is -0.324 e. The molecule has 0 fully saturated rings. The largest absolute Gasteiger partial charge is 0.324 e. The molecule has 1 aromatic carbocycles. The Balaban J connectivity index is 1.94. The van der Waals surface area contributed by atoms with Gasteiger partial charge in [-0.25, -0.2) is 4.98 Å². The van der Waals surface area contributed by atoms with E-state index in [9.17, 15) is 0 Å². The molecule has 0 aliphatic heterocycles. The highest BCUT2D eigenvalue weighted by Crippen LogP contribution is 2.24. The average molecular weight is 278 g/mol. The molecule has 21 heavy (non-hydrogen) atoms. The number of hydrogen-bond donors (Lipinski definition) is 1. The molecular formula is C17H18N4. The second-order valence-electron chi connectivity index (χ2n) is 5.04. The van der Waals surface area contributed by atoms with Crippen LogP contribution in [0.25, 0.3) is 0 Å². The Morgan fingerprint density at radius 1 is 1.05 bits per heavy atom. The lowest BCUT2D eigenvalue weighted by Gasteiger charge is -2.20. The number of imidazole rings is 1. The van der Waals surface area contributed by atoms with Gasteiger partial charge < -0.3 is 10.3 Å². The van der Waals surface area contributed by atoms with Crippen molar-refractivity contribution in [3.05, 3.63) is 84.2 Å². The third kappa shape index (κ3) is 2.71. The quantitative estimate of drug-likeness (QED) is 0.798. The summed E-state index contributed by atoms with van der Waals surface area (Å²) in [6.07, 6.45) is 5.45. The van der Waals surface area contributed by atoms with Crippen LogP contribution in [-0.2, 0) is 0 Å². The van der Waals surface area contributed by atoms with Crippen LogP contribution in [0.2, 0.25) is 0 Å². The summed E-state index contributed by atoms with van der Waals surface area (Å²) in [5, 5.41) is 0. The first kappa shape index (κ1) is 13.5. The summed E-state index contributed by atoms with van der Waals surface area (Å²) >= 11 is 0. The lowest BCUT2D eigenvalue weighted by atomic mass is 10.0. The summed E-state index contributed by atoms with van der Waals surface area (Å²) in [4.78, 5) is 8.69. The molecule has 3 rings (SSSR count). The first-order chi connectivity index (χ1) is 10.3. The van der Waals surface area contributed by atoms with E-state index in [1.807, 2.05) is 61.1 Å². The molecule has 0 aliphatic rings. The molecule has 2 atom stereocenters. The molecule has 0 saturated heterocycles. The summed E-state index contributed by atoms with van der Waals surface area (Å²) < 4.78 is 2.08. The van der Waals surface area contributed by atoms with Gasteiger partial charge in [-0.1, -0.05) is 36.4 Å². The van der Waals surface area contributed by atoms with Crippen LogP contribution in [0.3, 0.4) is 0 Å². The molecule has 0 radical (unpaired) electrons. The van der Waals surface area contributed by atoms with Gasteiger partial charge in [0.15, 0.2) is 0 Å². The number of nitrogens with zero attached hydrogens (tertiary/aromatic N) is 3. The van der Waals surface area contributed by atoms with E-state index in [2.05, 4.69) is 21.5 Å². The maximum atomic E-state index is 6.40. The Kier molecular flexibility index (Phi) is 3.79. The van der Waals surface area contributed by atoms with Gasteiger partial charge in [0.05, 0.1) is 36.0 Å². The average Bonchev–Trinajstić information content (AvgIpc) is 3.04. The molecule has 2 heterocycles.